The summed E-state index contributed by atoms with van der Waals surface area (Å²) in [5, 5.41) is 9.15. The molecule has 0 aliphatic rings. The van der Waals surface area contributed by atoms with Crippen molar-refractivity contribution < 1.29 is 23.0 Å². The van der Waals surface area contributed by atoms with E-state index < -0.39 is 5.82 Å². The first-order chi connectivity index (χ1) is 16.0. The molecule has 170 valence electrons. The minimum absolute atomic E-state index is 0.299. The van der Waals surface area contributed by atoms with Gasteiger partial charge in [0.05, 0.1) is 27.0 Å². The Bertz CT molecular complexity index is 1240. The van der Waals surface area contributed by atoms with E-state index in [0.717, 1.165) is 5.56 Å². The third-order valence-electron chi connectivity index (χ3n) is 4.93. The fourth-order valence-electron chi connectivity index (χ4n) is 3.34. The van der Waals surface area contributed by atoms with Crippen LogP contribution in [0.1, 0.15) is 5.56 Å². The van der Waals surface area contributed by atoms with Crippen molar-refractivity contribution in [3.05, 3.63) is 77.9 Å². The molecule has 0 aliphatic heterocycles. The van der Waals surface area contributed by atoms with Gasteiger partial charge in [0, 0.05) is 11.3 Å². The van der Waals surface area contributed by atoms with Crippen LogP contribution in [0.25, 0.3) is 17.1 Å². The number of hydrogen-bond donors (Lipinski definition) is 0. The number of nitrogens with zero attached hydrogens (tertiary/aromatic N) is 3. The molecule has 0 radical (unpaired) electrons. The van der Waals surface area contributed by atoms with Crippen LogP contribution in [-0.2, 0) is 5.75 Å². The summed E-state index contributed by atoms with van der Waals surface area (Å²) < 4.78 is 46.1. The number of rotatable bonds is 8. The van der Waals surface area contributed by atoms with Gasteiger partial charge in [-0.15, -0.1) is 10.2 Å². The Hall–Kier alpha value is -3.59. The molecule has 0 spiro atoms. The van der Waals surface area contributed by atoms with Crippen LogP contribution in [0.5, 0.6) is 17.2 Å². The third kappa shape index (κ3) is 4.63. The largest absolute Gasteiger partial charge is 0.493 e. The summed E-state index contributed by atoms with van der Waals surface area (Å²) in [4.78, 5) is 0. The summed E-state index contributed by atoms with van der Waals surface area (Å²) in [6, 6.07) is 16.1. The van der Waals surface area contributed by atoms with Crippen molar-refractivity contribution in [1.82, 2.24) is 14.8 Å². The van der Waals surface area contributed by atoms with Gasteiger partial charge in [0.2, 0.25) is 5.75 Å². The average Bonchev–Trinajstić information content (AvgIpc) is 3.26. The Morgan fingerprint density at radius 3 is 2.12 bits per heavy atom. The monoisotopic (exact) mass is 469 g/mol. The summed E-state index contributed by atoms with van der Waals surface area (Å²) in [5.41, 5.74) is 1.81. The lowest BCUT2D eigenvalue weighted by Gasteiger charge is -2.15. The molecule has 4 aromatic rings. The SMILES string of the molecule is COc1cc(-c2nnc(SCc3ccc(F)cc3)n2-c2ccccc2F)cc(OC)c1OC. The topological polar surface area (TPSA) is 58.4 Å². The number of ether oxygens (including phenoxy) is 3. The van der Waals surface area contributed by atoms with E-state index >= 15 is 0 Å². The molecule has 9 heteroatoms. The molecule has 6 nitrogen and oxygen atoms in total. The van der Waals surface area contributed by atoms with E-state index in [9.17, 15) is 8.78 Å². The highest BCUT2D eigenvalue weighted by Crippen LogP contribution is 2.42. The zero-order valence-electron chi connectivity index (χ0n) is 18.2. The maximum absolute atomic E-state index is 14.8. The number of benzene rings is 3. The highest BCUT2D eigenvalue weighted by Gasteiger charge is 2.22. The maximum atomic E-state index is 14.8. The van der Waals surface area contributed by atoms with Crippen molar-refractivity contribution >= 4 is 11.8 Å². The standard InChI is InChI=1S/C24H21F2N3O3S/c1-30-20-12-16(13-21(31-2)22(20)32-3)23-27-28-24(29(23)19-7-5-4-6-18(19)26)33-14-15-8-10-17(25)11-9-15/h4-13H,14H2,1-3H3. The van der Waals surface area contributed by atoms with Crippen molar-refractivity contribution in [2.75, 3.05) is 21.3 Å². The van der Waals surface area contributed by atoms with Crippen LogP contribution >= 0.6 is 11.8 Å². The highest BCUT2D eigenvalue weighted by atomic mass is 32.2. The summed E-state index contributed by atoms with van der Waals surface area (Å²) in [6.45, 7) is 0. The first kappa shape index (κ1) is 22.6. The molecule has 0 atom stereocenters. The zero-order chi connectivity index (χ0) is 23.4. The second-order valence-electron chi connectivity index (χ2n) is 6.92. The minimum atomic E-state index is -0.422. The van der Waals surface area contributed by atoms with Gasteiger partial charge in [-0.25, -0.2) is 8.78 Å². The Morgan fingerprint density at radius 2 is 1.52 bits per heavy atom. The van der Waals surface area contributed by atoms with Gasteiger partial charge in [-0.3, -0.25) is 4.57 Å². The van der Waals surface area contributed by atoms with Gasteiger partial charge in [-0.1, -0.05) is 36.0 Å². The van der Waals surface area contributed by atoms with Gasteiger partial charge in [0.25, 0.3) is 0 Å². The molecule has 1 aromatic heterocycles. The van der Waals surface area contributed by atoms with Crippen LogP contribution < -0.4 is 14.2 Å². The Balaban J connectivity index is 1.82. The average molecular weight is 470 g/mol. The van der Waals surface area contributed by atoms with Crippen molar-refractivity contribution in [3.63, 3.8) is 0 Å². The van der Waals surface area contributed by atoms with Crippen molar-refractivity contribution in [1.29, 1.82) is 0 Å². The van der Waals surface area contributed by atoms with Crippen LogP contribution in [0.4, 0.5) is 8.78 Å². The van der Waals surface area contributed by atoms with E-state index in [1.807, 2.05) is 0 Å². The maximum Gasteiger partial charge on any atom is 0.203 e. The molecule has 0 N–H and O–H groups in total. The summed E-state index contributed by atoms with van der Waals surface area (Å²) in [6.07, 6.45) is 0. The quantitative estimate of drug-likeness (QED) is 0.316. The number of aromatic nitrogens is 3. The summed E-state index contributed by atoms with van der Waals surface area (Å²) >= 11 is 1.37. The lowest BCUT2D eigenvalue weighted by Crippen LogP contribution is -2.03. The Labute approximate surface area is 194 Å². The molecule has 0 saturated carbocycles. The van der Waals surface area contributed by atoms with Crippen molar-refractivity contribution in [3.8, 4) is 34.3 Å². The van der Waals surface area contributed by atoms with Gasteiger partial charge in [0.1, 0.15) is 11.6 Å². The van der Waals surface area contributed by atoms with Gasteiger partial charge >= 0.3 is 0 Å². The van der Waals surface area contributed by atoms with Crippen LogP contribution in [0.15, 0.2) is 65.8 Å². The molecule has 0 amide bonds. The van der Waals surface area contributed by atoms with Crippen LogP contribution in [0.3, 0.4) is 0 Å². The van der Waals surface area contributed by atoms with E-state index in [1.165, 1.54) is 51.3 Å². The number of hydrogen-bond acceptors (Lipinski definition) is 6. The van der Waals surface area contributed by atoms with Gasteiger partial charge in [0.15, 0.2) is 22.5 Å². The van der Waals surface area contributed by atoms with E-state index in [1.54, 1.807) is 47.0 Å². The van der Waals surface area contributed by atoms with Crippen molar-refractivity contribution in [2.45, 2.75) is 10.9 Å². The van der Waals surface area contributed by atoms with Gasteiger partial charge in [-0.05, 0) is 42.0 Å². The predicted molar refractivity (Wildman–Crippen MR) is 122 cm³/mol. The number of para-hydroxylation sites is 1. The lowest BCUT2D eigenvalue weighted by atomic mass is 10.1. The second-order valence-corrected chi connectivity index (χ2v) is 7.86. The van der Waals surface area contributed by atoms with Crippen LogP contribution in [0, 0.1) is 11.6 Å². The summed E-state index contributed by atoms with van der Waals surface area (Å²) in [7, 11) is 4.56. The normalized spacial score (nSPS) is 10.8. The molecule has 0 fully saturated rings. The fraction of sp³-hybridized carbons (Fsp3) is 0.167. The highest BCUT2D eigenvalue weighted by molar-refractivity contribution is 7.98. The summed E-state index contributed by atoms with van der Waals surface area (Å²) in [5.74, 6) is 1.50. The zero-order valence-corrected chi connectivity index (χ0v) is 19.0. The molecular weight excluding hydrogens is 448 g/mol. The molecule has 3 aromatic carbocycles. The first-order valence-corrected chi connectivity index (χ1v) is 10.9. The molecule has 0 saturated heterocycles. The predicted octanol–water partition coefficient (Wildman–Crippen LogP) is 5.53. The van der Waals surface area contributed by atoms with Crippen LogP contribution in [0.2, 0.25) is 0 Å². The first-order valence-electron chi connectivity index (χ1n) is 9.93. The second kappa shape index (κ2) is 9.91. The lowest BCUT2D eigenvalue weighted by molar-refractivity contribution is 0.324. The van der Waals surface area contributed by atoms with E-state index in [-0.39, 0.29) is 5.82 Å². The minimum Gasteiger partial charge on any atom is -0.493 e. The molecule has 0 aliphatic carbocycles. The Morgan fingerprint density at radius 1 is 0.848 bits per heavy atom. The molecular formula is C24H21F2N3O3S. The third-order valence-corrected chi connectivity index (χ3v) is 5.93. The molecule has 33 heavy (non-hydrogen) atoms. The van der Waals surface area contributed by atoms with Crippen LogP contribution in [-0.4, -0.2) is 36.1 Å². The number of thioether (sulfide) groups is 1. The van der Waals surface area contributed by atoms with Gasteiger partial charge < -0.3 is 14.2 Å². The Kier molecular flexibility index (Phi) is 6.79. The molecule has 0 bridgehead atoms. The van der Waals surface area contributed by atoms with E-state index in [0.29, 0.717) is 45.2 Å². The molecule has 0 unspecified atom stereocenters. The molecule has 4 rings (SSSR count). The molecule has 1 heterocycles. The smallest absolute Gasteiger partial charge is 0.203 e. The van der Waals surface area contributed by atoms with Gasteiger partial charge in [-0.2, -0.15) is 0 Å². The fourth-order valence-corrected chi connectivity index (χ4v) is 4.24. The number of halogens is 2. The number of methoxy groups -OCH3 is 3. The van der Waals surface area contributed by atoms with Crippen molar-refractivity contribution in [2.24, 2.45) is 0 Å². The van der Waals surface area contributed by atoms with E-state index in [2.05, 4.69) is 10.2 Å². The van der Waals surface area contributed by atoms with E-state index in [4.69, 9.17) is 14.2 Å².